The molecule has 1 aliphatic carbocycles. The van der Waals surface area contributed by atoms with Crippen LogP contribution in [0.2, 0.25) is 0 Å². The summed E-state index contributed by atoms with van der Waals surface area (Å²) in [5.41, 5.74) is 13.3. The van der Waals surface area contributed by atoms with Crippen LogP contribution in [-0.2, 0) is 5.41 Å². The van der Waals surface area contributed by atoms with Crippen LogP contribution in [0.3, 0.4) is 0 Å². The first-order valence-corrected chi connectivity index (χ1v) is 16.0. The molecular weight excluding hydrogens is 518 g/mol. The summed E-state index contributed by atoms with van der Waals surface area (Å²) in [5, 5.41) is 6.39. The topological polar surface area (TPSA) is 12.0 Å². The molecule has 1 aliphatic heterocycles. The number of hydrogen-bond acceptors (Lipinski definition) is 1. The van der Waals surface area contributed by atoms with Gasteiger partial charge in [-0.2, -0.15) is 0 Å². The van der Waals surface area contributed by atoms with Crippen LogP contribution in [0.5, 0.6) is 0 Å². The Morgan fingerprint density at radius 3 is 2.49 bits per heavy atom. The Kier molecular flexibility index (Phi) is 8.84. The standard InChI is InChI=1S/C42H49N/c1-27(2)17-18-28(3)32(7)42(8,9)40-16-12-15-36(31(40)6)38-25-34(21-19-29(38)4)35-22-20-30(5)39(26-35)41-37-14-11-10-13-33(37)23-24-43-41/h10-23,25-27,30,39,43H,24H2,1-9H3/b18-17-,32-28+. The molecule has 1 heteroatoms. The lowest BCUT2D eigenvalue weighted by molar-refractivity contribution is 0.595. The number of fused-ring (bicyclic) bond motifs is 1. The molecule has 0 radical (unpaired) electrons. The van der Waals surface area contributed by atoms with Gasteiger partial charge in [0.05, 0.1) is 0 Å². The van der Waals surface area contributed by atoms with Gasteiger partial charge in [0.25, 0.3) is 0 Å². The smallest absolute Gasteiger partial charge is 0.0337 e. The summed E-state index contributed by atoms with van der Waals surface area (Å²) in [6.45, 7) is 21.5. The van der Waals surface area contributed by atoms with E-state index >= 15 is 0 Å². The lowest BCUT2D eigenvalue weighted by Gasteiger charge is -2.31. The van der Waals surface area contributed by atoms with Gasteiger partial charge in [0.2, 0.25) is 0 Å². The fraction of sp³-hybridized carbons (Fsp3) is 0.333. The van der Waals surface area contributed by atoms with E-state index < -0.39 is 0 Å². The number of hydrogen-bond donors (Lipinski definition) is 1. The Hall–Kier alpha value is -3.84. The molecule has 2 atom stereocenters. The molecule has 0 saturated heterocycles. The summed E-state index contributed by atoms with van der Waals surface area (Å²) < 4.78 is 0. The molecule has 2 aliphatic rings. The third kappa shape index (κ3) is 6.14. The highest BCUT2D eigenvalue weighted by Crippen LogP contribution is 2.40. The molecule has 1 N–H and O–H groups in total. The maximum absolute atomic E-state index is 3.73. The molecule has 3 aromatic rings. The predicted octanol–water partition coefficient (Wildman–Crippen LogP) is 9.19. The van der Waals surface area contributed by atoms with Crippen LogP contribution in [0.25, 0.3) is 28.5 Å². The van der Waals surface area contributed by atoms with Crippen molar-refractivity contribution in [3.05, 3.63) is 135 Å². The van der Waals surface area contributed by atoms with E-state index in [4.69, 9.17) is 0 Å². The zero-order chi connectivity index (χ0) is 30.9. The van der Waals surface area contributed by atoms with Gasteiger partial charge in [0, 0.05) is 28.8 Å². The molecule has 3 aromatic carbocycles. The van der Waals surface area contributed by atoms with Crippen molar-refractivity contribution >= 4 is 17.3 Å². The normalized spacial score (nSPS) is 19.1. The summed E-state index contributed by atoms with van der Waals surface area (Å²) in [5.74, 6) is 1.29. The molecule has 1 heterocycles. The minimum atomic E-state index is -0.0764. The van der Waals surface area contributed by atoms with Crippen LogP contribution >= 0.6 is 0 Å². The van der Waals surface area contributed by atoms with Crippen LogP contribution in [0.4, 0.5) is 0 Å². The van der Waals surface area contributed by atoms with Crippen molar-refractivity contribution in [3.63, 3.8) is 0 Å². The van der Waals surface area contributed by atoms with Crippen molar-refractivity contribution in [1.29, 1.82) is 0 Å². The molecule has 0 fully saturated rings. The van der Waals surface area contributed by atoms with Crippen LogP contribution in [0, 0.1) is 31.6 Å². The molecule has 43 heavy (non-hydrogen) atoms. The maximum Gasteiger partial charge on any atom is 0.0337 e. The van der Waals surface area contributed by atoms with E-state index in [-0.39, 0.29) is 5.41 Å². The summed E-state index contributed by atoms with van der Waals surface area (Å²) >= 11 is 0. The molecule has 0 bridgehead atoms. The number of benzene rings is 3. The Morgan fingerprint density at radius 2 is 1.72 bits per heavy atom. The molecule has 5 rings (SSSR count). The van der Waals surface area contributed by atoms with Gasteiger partial charge in [-0.25, -0.2) is 0 Å². The highest BCUT2D eigenvalue weighted by atomic mass is 14.9. The Labute approximate surface area is 260 Å². The lowest BCUT2D eigenvalue weighted by Crippen LogP contribution is -2.40. The van der Waals surface area contributed by atoms with Crippen LogP contribution in [0.1, 0.15) is 70.7 Å². The number of allylic oxidation sites excluding steroid dienone is 7. The summed E-state index contributed by atoms with van der Waals surface area (Å²) in [6, 6.07) is 22.7. The van der Waals surface area contributed by atoms with E-state index in [2.05, 4.69) is 165 Å². The molecule has 0 amide bonds. The van der Waals surface area contributed by atoms with E-state index in [1.807, 2.05) is 0 Å². The second kappa shape index (κ2) is 12.4. The van der Waals surface area contributed by atoms with Crippen LogP contribution in [-0.4, -0.2) is 6.54 Å². The third-order valence-electron chi connectivity index (χ3n) is 9.83. The highest BCUT2D eigenvalue weighted by Gasteiger charge is 2.27. The van der Waals surface area contributed by atoms with Crippen LogP contribution in [0.15, 0.2) is 102 Å². The first-order chi connectivity index (χ1) is 20.5. The quantitative estimate of drug-likeness (QED) is 0.281. The first-order valence-electron chi connectivity index (χ1n) is 16.0. The zero-order valence-electron chi connectivity index (χ0n) is 27.7. The zero-order valence-corrected chi connectivity index (χ0v) is 27.7. The van der Waals surface area contributed by atoms with Crippen molar-refractivity contribution in [2.75, 3.05) is 6.54 Å². The minimum absolute atomic E-state index is 0.0764. The van der Waals surface area contributed by atoms with Gasteiger partial charge < -0.3 is 5.32 Å². The fourth-order valence-corrected chi connectivity index (χ4v) is 6.75. The van der Waals surface area contributed by atoms with E-state index in [9.17, 15) is 0 Å². The largest absolute Gasteiger partial charge is 0.384 e. The van der Waals surface area contributed by atoms with Crippen LogP contribution < -0.4 is 15.8 Å². The Bertz CT molecular complexity index is 1770. The maximum atomic E-state index is 3.73. The number of rotatable bonds is 7. The monoisotopic (exact) mass is 567 g/mol. The van der Waals surface area contributed by atoms with Crippen molar-refractivity contribution < 1.29 is 0 Å². The summed E-state index contributed by atoms with van der Waals surface area (Å²) in [4.78, 5) is 0. The summed E-state index contributed by atoms with van der Waals surface area (Å²) in [6.07, 6.45) is 14.1. The molecule has 222 valence electrons. The van der Waals surface area contributed by atoms with Gasteiger partial charge in [-0.1, -0.05) is 137 Å². The lowest BCUT2D eigenvalue weighted by atomic mass is 9.73. The molecule has 0 saturated carbocycles. The predicted molar refractivity (Wildman–Crippen MR) is 188 cm³/mol. The van der Waals surface area contributed by atoms with E-state index in [1.165, 1.54) is 66.2 Å². The van der Waals surface area contributed by atoms with Gasteiger partial charge in [0.1, 0.15) is 0 Å². The number of aryl methyl sites for hydroxylation is 1. The molecule has 0 aromatic heterocycles. The van der Waals surface area contributed by atoms with Crippen molar-refractivity contribution in [3.8, 4) is 11.1 Å². The molecule has 0 spiro atoms. The molecule has 1 nitrogen and oxygen atoms in total. The van der Waals surface area contributed by atoms with Gasteiger partial charge in [-0.3, -0.25) is 0 Å². The van der Waals surface area contributed by atoms with E-state index in [1.54, 1.807) is 0 Å². The summed E-state index contributed by atoms with van der Waals surface area (Å²) in [7, 11) is 0. The molecule has 2 unspecified atom stereocenters. The first kappa shape index (κ1) is 30.6. The average Bonchev–Trinajstić information content (AvgIpc) is 3.00. The van der Waals surface area contributed by atoms with Crippen molar-refractivity contribution in [2.45, 2.75) is 67.7 Å². The van der Waals surface area contributed by atoms with Crippen molar-refractivity contribution in [2.24, 2.45) is 17.8 Å². The highest BCUT2D eigenvalue weighted by molar-refractivity contribution is 5.82. The molecular formula is C42H49N. The van der Waals surface area contributed by atoms with Gasteiger partial charge in [-0.05, 0) is 89.8 Å². The third-order valence-corrected chi connectivity index (χ3v) is 9.83. The van der Waals surface area contributed by atoms with Gasteiger partial charge in [-0.15, -0.1) is 0 Å². The minimum Gasteiger partial charge on any atom is -0.384 e. The second-order valence-corrected chi connectivity index (χ2v) is 13.5. The second-order valence-electron chi connectivity index (χ2n) is 13.5. The SMILES string of the molecule is CC(/C=C\C(C)C)=C(/C)C(C)(C)c1cccc(-c2cc(C3=CC(C4=c5ccccc5=CCN4)C(C)C=C3)ccc2C)c1C. The van der Waals surface area contributed by atoms with Crippen molar-refractivity contribution in [1.82, 2.24) is 5.32 Å². The Balaban J connectivity index is 1.56. The van der Waals surface area contributed by atoms with Gasteiger partial charge >= 0.3 is 0 Å². The van der Waals surface area contributed by atoms with Gasteiger partial charge in [0.15, 0.2) is 0 Å². The number of nitrogens with one attached hydrogen (secondary N) is 1. The fourth-order valence-electron chi connectivity index (χ4n) is 6.75. The Morgan fingerprint density at radius 1 is 0.953 bits per heavy atom. The average molecular weight is 568 g/mol. The van der Waals surface area contributed by atoms with E-state index in [0.29, 0.717) is 17.8 Å². The van der Waals surface area contributed by atoms with E-state index in [0.717, 1.165) is 6.54 Å².